The lowest BCUT2D eigenvalue weighted by atomic mass is 10.2. The summed E-state index contributed by atoms with van der Waals surface area (Å²) in [5.74, 6) is 0. The molecule has 0 saturated heterocycles. The second kappa shape index (κ2) is 2.89. The van der Waals surface area contributed by atoms with Crippen LogP contribution in [0.15, 0.2) is 5.38 Å². The molecule has 0 aliphatic heterocycles. The average molecular weight is 143 g/mol. The largest absolute Gasteiger partial charge is 0.328 e. The number of nitrogens with two attached hydrogens (primary N) is 1. The molecule has 50 valence electrons. The molecule has 1 heterocycles. The predicted octanol–water partition coefficient (Wildman–Crippen LogP) is 0.428. The van der Waals surface area contributed by atoms with Gasteiger partial charge in [0.1, 0.15) is 0 Å². The van der Waals surface area contributed by atoms with E-state index >= 15 is 0 Å². The number of hydrogen-bond acceptors (Lipinski definition) is 4. The molecule has 0 bridgehead atoms. The van der Waals surface area contributed by atoms with E-state index in [9.17, 15) is 0 Å². The third-order valence-electron chi connectivity index (χ3n) is 0.936. The first-order valence-corrected chi connectivity index (χ1v) is 3.64. The fraction of sp³-hybridized carbons (Fsp3) is 0.600. The van der Waals surface area contributed by atoms with Gasteiger partial charge in [-0.1, -0.05) is 4.49 Å². The Kier molecular flexibility index (Phi) is 2.13. The van der Waals surface area contributed by atoms with Crippen LogP contribution in [0.3, 0.4) is 0 Å². The molecule has 0 aromatic carbocycles. The maximum absolute atomic E-state index is 5.52. The van der Waals surface area contributed by atoms with Gasteiger partial charge in [0.25, 0.3) is 0 Å². The third-order valence-corrected chi connectivity index (χ3v) is 1.49. The summed E-state index contributed by atoms with van der Waals surface area (Å²) in [6.45, 7) is 1.96. The van der Waals surface area contributed by atoms with Crippen LogP contribution < -0.4 is 5.73 Å². The van der Waals surface area contributed by atoms with Gasteiger partial charge in [0.05, 0.1) is 5.69 Å². The zero-order chi connectivity index (χ0) is 6.69. The summed E-state index contributed by atoms with van der Waals surface area (Å²) in [7, 11) is 0. The summed E-state index contributed by atoms with van der Waals surface area (Å²) in [4.78, 5) is 0. The molecule has 0 aliphatic carbocycles. The van der Waals surface area contributed by atoms with Gasteiger partial charge in [0.15, 0.2) is 0 Å². The normalized spacial score (nSPS) is 13.6. The minimum Gasteiger partial charge on any atom is -0.328 e. The molecule has 9 heavy (non-hydrogen) atoms. The molecule has 0 radical (unpaired) electrons. The minimum absolute atomic E-state index is 0.189. The molecule has 0 amide bonds. The van der Waals surface area contributed by atoms with Crippen LogP contribution in [0.25, 0.3) is 0 Å². The smallest absolute Gasteiger partial charge is 0.0770 e. The highest BCUT2D eigenvalue weighted by atomic mass is 32.1. The van der Waals surface area contributed by atoms with Gasteiger partial charge in [0, 0.05) is 17.8 Å². The van der Waals surface area contributed by atoms with Gasteiger partial charge in [-0.15, -0.1) is 5.10 Å². The van der Waals surface area contributed by atoms with Crippen LogP contribution in [-0.4, -0.2) is 15.6 Å². The second-order valence-electron chi connectivity index (χ2n) is 2.08. The number of aromatic nitrogens is 2. The van der Waals surface area contributed by atoms with Gasteiger partial charge in [-0.25, -0.2) is 0 Å². The molecule has 0 aliphatic rings. The van der Waals surface area contributed by atoms with Crippen molar-refractivity contribution in [2.45, 2.75) is 19.4 Å². The monoisotopic (exact) mass is 143 g/mol. The van der Waals surface area contributed by atoms with Gasteiger partial charge in [-0.05, 0) is 18.5 Å². The Labute approximate surface area is 58.1 Å². The summed E-state index contributed by atoms with van der Waals surface area (Å²) in [6.07, 6.45) is 0.830. The molecule has 0 unspecified atom stereocenters. The summed E-state index contributed by atoms with van der Waals surface area (Å²) in [5.41, 5.74) is 6.52. The van der Waals surface area contributed by atoms with Crippen LogP contribution in [0.2, 0.25) is 0 Å². The molecular weight excluding hydrogens is 134 g/mol. The second-order valence-corrected chi connectivity index (χ2v) is 2.69. The predicted molar refractivity (Wildman–Crippen MR) is 37.3 cm³/mol. The van der Waals surface area contributed by atoms with E-state index in [1.807, 2.05) is 12.3 Å². The Morgan fingerprint density at radius 2 is 2.67 bits per heavy atom. The van der Waals surface area contributed by atoms with Gasteiger partial charge < -0.3 is 5.73 Å². The highest BCUT2D eigenvalue weighted by Crippen LogP contribution is 1.98. The van der Waals surface area contributed by atoms with E-state index in [1.54, 1.807) is 0 Å². The average Bonchev–Trinajstić information content (AvgIpc) is 2.15. The lowest BCUT2D eigenvalue weighted by Gasteiger charge is -1.97. The summed E-state index contributed by atoms with van der Waals surface area (Å²) >= 11 is 1.36. The molecular formula is C5H9N3S. The molecule has 1 aromatic heterocycles. The lowest BCUT2D eigenvalue weighted by molar-refractivity contribution is 0.719. The van der Waals surface area contributed by atoms with Crippen LogP contribution in [0.4, 0.5) is 0 Å². The van der Waals surface area contributed by atoms with Gasteiger partial charge >= 0.3 is 0 Å². The Hall–Kier alpha value is -0.480. The van der Waals surface area contributed by atoms with Crippen molar-refractivity contribution < 1.29 is 0 Å². The van der Waals surface area contributed by atoms with Crippen LogP contribution in [0.5, 0.6) is 0 Å². The van der Waals surface area contributed by atoms with Crippen LogP contribution in [-0.2, 0) is 6.42 Å². The number of nitrogens with zero attached hydrogens (tertiary/aromatic N) is 2. The van der Waals surface area contributed by atoms with E-state index in [2.05, 4.69) is 9.59 Å². The quantitative estimate of drug-likeness (QED) is 0.653. The summed E-state index contributed by atoms with van der Waals surface area (Å²) in [5, 5.41) is 5.76. The standard InChI is InChI=1S/C5H9N3S/c1-4(6)2-5-3-9-8-7-5/h3-4H,2,6H2,1H3/t4-/m1/s1. The van der Waals surface area contributed by atoms with Crippen molar-refractivity contribution in [2.24, 2.45) is 5.73 Å². The zero-order valence-electron chi connectivity index (χ0n) is 5.24. The summed E-state index contributed by atoms with van der Waals surface area (Å²) in [6, 6.07) is 0.189. The van der Waals surface area contributed by atoms with Gasteiger partial charge in [-0.3, -0.25) is 0 Å². The maximum atomic E-state index is 5.52. The van der Waals surface area contributed by atoms with Crippen molar-refractivity contribution in [3.63, 3.8) is 0 Å². The van der Waals surface area contributed by atoms with Crippen molar-refractivity contribution in [3.05, 3.63) is 11.1 Å². The van der Waals surface area contributed by atoms with Crippen molar-refractivity contribution >= 4 is 11.5 Å². The molecule has 2 N–H and O–H groups in total. The van der Waals surface area contributed by atoms with Crippen molar-refractivity contribution in [3.8, 4) is 0 Å². The molecule has 0 saturated carbocycles. The molecule has 3 nitrogen and oxygen atoms in total. The van der Waals surface area contributed by atoms with Gasteiger partial charge in [-0.2, -0.15) is 0 Å². The fourth-order valence-corrected chi connectivity index (χ4v) is 1.07. The lowest BCUT2D eigenvalue weighted by Crippen LogP contribution is -2.17. The molecule has 0 spiro atoms. The van der Waals surface area contributed by atoms with Crippen LogP contribution in [0.1, 0.15) is 12.6 Å². The van der Waals surface area contributed by atoms with Crippen molar-refractivity contribution in [2.75, 3.05) is 0 Å². The Morgan fingerprint density at radius 1 is 1.89 bits per heavy atom. The zero-order valence-corrected chi connectivity index (χ0v) is 6.06. The minimum atomic E-state index is 0.189. The van der Waals surface area contributed by atoms with Gasteiger partial charge in [0.2, 0.25) is 0 Å². The SMILES string of the molecule is C[C@@H](N)Cc1csnn1. The Bertz CT molecular complexity index is 159. The van der Waals surface area contributed by atoms with Crippen molar-refractivity contribution in [1.82, 2.24) is 9.59 Å². The molecule has 4 heteroatoms. The van der Waals surface area contributed by atoms with E-state index in [0.29, 0.717) is 0 Å². The highest BCUT2D eigenvalue weighted by molar-refractivity contribution is 7.03. The molecule has 1 rings (SSSR count). The third kappa shape index (κ3) is 2.07. The number of rotatable bonds is 2. The Morgan fingerprint density at radius 3 is 3.11 bits per heavy atom. The fourth-order valence-electron chi connectivity index (χ4n) is 0.603. The van der Waals surface area contributed by atoms with Crippen molar-refractivity contribution in [1.29, 1.82) is 0 Å². The number of hydrogen-bond donors (Lipinski definition) is 1. The maximum Gasteiger partial charge on any atom is 0.0770 e. The first-order valence-electron chi connectivity index (χ1n) is 2.80. The first-order chi connectivity index (χ1) is 4.29. The first kappa shape index (κ1) is 6.64. The molecule has 1 aromatic rings. The van der Waals surface area contributed by atoms with E-state index < -0.39 is 0 Å². The highest BCUT2D eigenvalue weighted by Gasteiger charge is 1.98. The Balaban J connectivity index is 2.48. The van der Waals surface area contributed by atoms with E-state index in [0.717, 1.165) is 12.1 Å². The van der Waals surface area contributed by atoms with Crippen LogP contribution in [0, 0.1) is 0 Å². The van der Waals surface area contributed by atoms with E-state index in [-0.39, 0.29) is 6.04 Å². The molecule has 0 fully saturated rings. The van der Waals surface area contributed by atoms with E-state index in [4.69, 9.17) is 5.73 Å². The van der Waals surface area contributed by atoms with Crippen LogP contribution >= 0.6 is 11.5 Å². The molecule has 1 atom stereocenters. The summed E-state index contributed by atoms with van der Waals surface area (Å²) < 4.78 is 3.71. The topological polar surface area (TPSA) is 51.8 Å². The van der Waals surface area contributed by atoms with E-state index in [1.165, 1.54) is 11.5 Å².